The van der Waals surface area contributed by atoms with E-state index in [2.05, 4.69) is 21.4 Å². The largest absolute Gasteiger partial charge is 0.480 e. The molecule has 1 aromatic heterocycles. The van der Waals surface area contributed by atoms with Crippen LogP contribution in [0.1, 0.15) is 24.2 Å². The monoisotopic (exact) mass is 280 g/mol. The fourth-order valence-corrected chi connectivity index (χ4v) is 2.89. The van der Waals surface area contributed by atoms with Crippen LogP contribution in [0.3, 0.4) is 0 Å². The van der Waals surface area contributed by atoms with Crippen LogP contribution in [0.15, 0.2) is 6.07 Å². The molecule has 112 valence electrons. The maximum atomic E-state index is 10.5. The van der Waals surface area contributed by atoms with E-state index in [0.29, 0.717) is 5.92 Å². The standard InChI is InChI=1S/C14H24N4O2/c1-11-6-13(17(2)16-11)10-18-5-3-4-12(9-18)7-15-8-14(19)20/h6,12,15H,3-5,7-10H2,1-2H3,(H,19,20). The Morgan fingerprint density at radius 1 is 1.60 bits per heavy atom. The van der Waals surface area contributed by atoms with Gasteiger partial charge < -0.3 is 10.4 Å². The van der Waals surface area contributed by atoms with Crippen molar-refractivity contribution in [1.29, 1.82) is 0 Å². The van der Waals surface area contributed by atoms with Gasteiger partial charge in [0.1, 0.15) is 0 Å². The zero-order chi connectivity index (χ0) is 14.5. The summed E-state index contributed by atoms with van der Waals surface area (Å²) in [5.74, 6) is -0.250. The molecule has 0 bridgehead atoms. The first-order valence-corrected chi connectivity index (χ1v) is 7.19. The molecule has 1 aliphatic heterocycles. The Labute approximate surface area is 119 Å². The zero-order valence-corrected chi connectivity index (χ0v) is 12.3. The molecule has 2 rings (SSSR count). The molecule has 2 N–H and O–H groups in total. The summed E-state index contributed by atoms with van der Waals surface area (Å²) in [6.45, 7) is 5.91. The van der Waals surface area contributed by atoms with Crippen molar-refractivity contribution in [3.05, 3.63) is 17.5 Å². The van der Waals surface area contributed by atoms with Gasteiger partial charge >= 0.3 is 5.97 Å². The van der Waals surface area contributed by atoms with Crippen LogP contribution in [0.4, 0.5) is 0 Å². The second-order valence-electron chi connectivity index (χ2n) is 5.67. The number of rotatable bonds is 6. The van der Waals surface area contributed by atoms with Gasteiger partial charge in [-0.2, -0.15) is 5.10 Å². The molecule has 1 fully saturated rings. The summed E-state index contributed by atoms with van der Waals surface area (Å²) in [6, 6.07) is 2.13. The first-order chi connectivity index (χ1) is 9.54. The molecule has 0 spiro atoms. The van der Waals surface area contributed by atoms with Crippen LogP contribution in [0, 0.1) is 12.8 Å². The number of hydrogen-bond donors (Lipinski definition) is 2. The second-order valence-corrected chi connectivity index (χ2v) is 5.67. The lowest BCUT2D eigenvalue weighted by Crippen LogP contribution is -2.40. The van der Waals surface area contributed by atoms with Crippen molar-refractivity contribution in [3.63, 3.8) is 0 Å². The SMILES string of the molecule is Cc1cc(CN2CCCC(CNCC(=O)O)C2)n(C)n1. The number of aryl methyl sites for hydroxylation is 2. The predicted octanol–water partition coefficient (Wildman–Crippen LogP) is 0.615. The minimum Gasteiger partial charge on any atom is -0.480 e. The molecule has 1 saturated heterocycles. The Morgan fingerprint density at radius 2 is 2.40 bits per heavy atom. The third-order valence-corrected chi connectivity index (χ3v) is 3.80. The first kappa shape index (κ1) is 15.0. The topological polar surface area (TPSA) is 70.4 Å². The molecule has 0 radical (unpaired) electrons. The Hall–Kier alpha value is -1.40. The van der Waals surface area contributed by atoms with Gasteiger partial charge in [0.2, 0.25) is 0 Å². The van der Waals surface area contributed by atoms with Gasteiger partial charge in [0.15, 0.2) is 0 Å². The van der Waals surface area contributed by atoms with Gasteiger partial charge in [-0.3, -0.25) is 14.4 Å². The second kappa shape index (κ2) is 6.85. The van der Waals surface area contributed by atoms with E-state index in [1.54, 1.807) is 0 Å². The van der Waals surface area contributed by atoms with Gasteiger partial charge in [-0.1, -0.05) is 0 Å². The van der Waals surface area contributed by atoms with Crippen LogP contribution < -0.4 is 5.32 Å². The van der Waals surface area contributed by atoms with E-state index >= 15 is 0 Å². The highest BCUT2D eigenvalue weighted by Gasteiger charge is 2.20. The molecule has 0 aromatic carbocycles. The Balaban J connectivity index is 1.81. The summed E-state index contributed by atoms with van der Waals surface area (Å²) in [5, 5.41) is 16.0. The quantitative estimate of drug-likeness (QED) is 0.799. The minimum atomic E-state index is -0.789. The average Bonchev–Trinajstić information content (AvgIpc) is 2.68. The average molecular weight is 280 g/mol. The maximum absolute atomic E-state index is 10.5. The number of nitrogens with one attached hydrogen (secondary N) is 1. The fraction of sp³-hybridized carbons (Fsp3) is 0.714. The smallest absolute Gasteiger partial charge is 0.317 e. The summed E-state index contributed by atoms with van der Waals surface area (Å²) >= 11 is 0. The Bertz CT molecular complexity index is 458. The molecule has 1 unspecified atom stereocenters. The molecule has 0 amide bonds. The number of aromatic nitrogens is 2. The van der Waals surface area contributed by atoms with Crippen LogP contribution in [0.5, 0.6) is 0 Å². The number of carbonyl (C=O) groups is 1. The number of carboxylic acid groups (broad SMARTS) is 1. The van der Waals surface area contributed by atoms with Crippen molar-refractivity contribution in [1.82, 2.24) is 20.0 Å². The van der Waals surface area contributed by atoms with Crippen LogP contribution in [-0.2, 0) is 18.4 Å². The van der Waals surface area contributed by atoms with E-state index in [1.807, 2.05) is 18.7 Å². The third kappa shape index (κ3) is 4.31. The first-order valence-electron chi connectivity index (χ1n) is 7.19. The number of hydrogen-bond acceptors (Lipinski definition) is 4. The van der Waals surface area contributed by atoms with Gasteiger partial charge in [0.25, 0.3) is 0 Å². The maximum Gasteiger partial charge on any atom is 0.317 e. The number of likely N-dealkylation sites (tertiary alicyclic amines) is 1. The molecule has 1 atom stereocenters. The Morgan fingerprint density at radius 3 is 3.05 bits per heavy atom. The summed E-state index contributed by atoms with van der Waals surface area (Å²) in [7, 11) is 1.98. The molecular weight excluding hydrogens is 256 g/mol. The molecule has 2 heterocycles. The lowest BCUT2D eigenvalue weighted by Gasteiger charge is -2.32. The van der Waals surface area contributed by atoms with E-state index < -0.39 is 5.97 Å². The van der Waals surface area contributed by atoms with Crippen LogP contribution in [0.25, 0.3) is 0 Å². The fourth-order valence-electron chi connectivity index (χ4n) is 2.89. The van der Waals surface area contributed by atoms with Gasteiger partial charge in [0, 0.05) is 20.1 Å². The van der Waals surface area contributed by atoms with Crippen molar-refractivity contribution in [2.75, 3.05) is 26.2 Å². The molecular formula is C14H24N4O2. The van der Waals surface area contributed by atoms with E-state index in [-0.39, 0.29) is 6.54 Å². The predicted molar refractivity (Wildman–Crippen MR) is 76.5 cm³/mol. The van der Waals surface area contributed by atoms with Crippen LogP contribution >= 0.6 is 0 Å². The highest BCUT2D eigenvalue weighted by molar-refractivity contribution is 5.68. The van der Waals surface area contributed by atoms with E-state index in [9.17, 15) is 4.79 Å². The summed E-state index contributed by atoms with van der Waals surface area (Å²) in [4.78, 5) is 12.9. The van der Waals surface area contributed by atoms with Crippen molar-refractivity contribution < 1.29 is 9.90 Å². The van der Waals surface area contributed by atoms with Crippen molar-refractivity contribution in [2.24, 2.45) is 13.0 Å². The molecule has 6 nitrogen and oxygen atoms in total. The van der Waals surface area contributed by atoms with Gasteiger partial charge in [-0.05, 0) is 44.8 Å². The number of carboxylic acids is 1. The highest BCUT2D eigenvalue weighted by atomic mass is 16.4. The number of piperidine rings is 1. The third-order valence-electron chi connectivity index (χ3n) is 3.80. The summed E-state index contributed by atoms with van der Waals surface area (Å²) < 4.78 is 1.95. The molecule has 0 aliphatic carbocycles. The molecule has 1 aliphatic rings. The molecule has 20 heavy (non-hydrogen) atoms. The van der Waals surface area contributed by atoms with Crippen LogP contribution in [-0.4, -0.2) is 51.9 Å². The summed E-state index contributed by atoms with van der Waals surface area (Å²) in [5.41, 5.74) is 2.29. The lowest BCUT2D eigenvalue weighted by molar-refractivity contribution is -0.136. The molecule has 1 aromatic rings. The van der Waals surface area contributed by atoms with Crippen molar-refractivity contribution in [2.45, 2.75) is 26.3 Å². The Kier molecular flexibility index (Phi) is 5.14. The number of aliphatic carboxylic acids is 1. The minimum absolute atomic E-state index is 0.0530. The highest BCUT2D eigenvalue weighted by Crippen LogP contribution is 2.18. The van der Waals surface area contributed by atoms with E-state index in [1.165, 1.54) is 18.5 Å². The van der Waals surface area contributed by atoms with E-state index in [4.69, 9.17) is 5.11 Å². The summed E-state index contributed by atoms with van der Waals surface area (Å²) in [6.07, 6.45) is 2.35. The van der Waals surface area contributed by atoms with E-state index in [0.717, 1.165) is 31.9 Å². The normalized spacial score (nSPS) is 20.2. The number of nitrogens with zero attached hydrogens (tertiary/aromatic N) is 3. The molecule has 0 saturated carbocycles. The molecule has 6 heteroatoms. The zero-order valence-electron chi connectivity index (χ0n) is 12.3. The van der Waals surface area contributed by atoms with Crippen molar-refractivity contribution in [3.8, 4) is 0 Å². The lowest BCUT2D eigenvalue weighted by atomic mass is 9.98. The van der Waals surface area contributed by atoms with Gasteiger partial charge in [-0.15, -0.1) is 0 Å². The van der Waals surface area contributed by atoms with Gasteiger partial charge in [-0.25, -0.2) is 0 Å². The van der Waals surface area contributed by atoms with Crippen LogP contribution in [0.2, 0.25) is 0 Å². The van der Waals surface area contributed by atoms with Crippen molar-refractivity contribution >= 4 is 5.97 Å². The van der Waals surface area contributed by atoms with Gasteiger partial charge in [0.05, 0.1) is 17.9 Å².